The summed E-state index contributed by atoms with van der Waals surface area (Å²) in [5, 5.41) is 2.03. The number of hydrogen-bond acceptors (Lipinski definition) is 5. The van der Waals surface area contributed by atoms with Gasteiger partial charge in [0.25, 0.3) is 0 Å². The van der Waals surface area contributed by atoms with Crippen molar-refractivity contribution in [1.29, 1.82) is 0 Å². The smallest absolute Gasteiger partial charge is 0.167 e. The van der Waals surface area contributed by atoms with Crippen molar-refractivity contribution >= 4 is 39.0 Å². The van der Waals surface area contributed by atoms with E-state index in [2.05, 4.69) is 71.6 Å². The van der Waals surface area contributed by atoms with Gasteiger partial charge in [-0.15, -0.1) is 0 Å². The molecule has 0 radical (unpaired) electrons. The molecule has 0 aliphatic heterocycles. The molecular weight excluding hydrogens is 540 g/mol. The summed E-state index contributed by atoms with van der Waals surface area (Å²) in [4.78, 5) is 17.3. The maximum absolute atomic E-state index is 6.56. The molecule has 0 saturated carbocycles. The zero-order valence-electron chi connectivity index (χ0n) is 23.7. The number of para-hydroxylation sites is 3. The van der Waals surface area contributed by atoms with Crippen LogP contribution in [0.2, 0.25) is 0 Å². The third-order valence-corrected chi connectivity index (χ3v) is 7.69. The summed E-state index contributed by atoms with van der Waals surface area (Å²) in [5.41, 5.74) is 7.24. The van der Waals surface area contributed by atoms with Gasteiger partial charge in [0.2, 0.25) is 0 Å². The SMILES string of the molecule is c1ccc(-c2nc(-c3ccccc3)nc(-c3cc(N(c4ccccc4)c4ccccc4)cc4c3oc3ccccc34)n2)cc1. The van der Waals surface area contributed by atoms with Gasteiger partial charge in [-0.2, -0.15) is 0 Å². The molecule has 0 N–H and O–H groups in total. The topological polar surface area (TPSA) is 55.1 Å². The molecule has 44 heavy (non-hydrogen) atoms. The summed E-state index contributed by atoms with van der Waals surface area (Å²) in [5.74, 6) is 1.75. The first-order valence-electron chi connectivity index (χ1n) is 14.5. The lowest BCUT2D eigenvalue weighted by atomic mass is 10.0. The van der Waals surface area contributed by atoms with Gasteiger partial charge in [0, 0.05) is 39.0 Å². The molecule has 2 aromatic heterocycles. The first kappa shape index (κ1) is 25.6. The fraction of sp³-hybridized carbons (Fsp3) is 0. The van der Waals surface area contributed by atoms with Crippen molar-refractivity contribution in [3.8, 4) is 34.2 Å². The van der Waals surface area contributed by atoms with Gasteiger partial charge in [-0.05, 0) is 42.5 Å². The lowest BCUT2D eigenvalue weighted by Gasteiger charge is -2.26. The van der Waals surface area contributed by atoms with E-state index in [0.29, 0.717) is 17.5 Å². The minimum Gasteiger partial charge on any atom is -0.455 e. The third-order valence-electron chi connectivity index (χ3n) is 7.69. The van der Waals surface area contributed by atoms with Crippen LogP contribution in [0.4, 0.5) is 17.1 Å². The number of benzene rings is 6. The summed E-state index contributed by atoms with van der Waals surface area (Å²) >= 11 is 0. The van der Waals surface area contributed by atoms with Crippen LogP contribution >= 0.6 is 0 Å². The van der Waals surface area contributed by atoms with Crippen LogP contribution < -0.4 is 4.90 Å². The Balaban J connectivity index is 1.44. The van der Waals surface area contributed by atoms with Crippen molar-refractivity contribution in [2.45, 2.75) is 0 Å². The Hall–Kier alpha value is -6.07. The number of nitrogens with zero attached hydrogens (tertiary/aromatic N) is 4. The lowest BCUT2D eigenvalue weighted by molar-refractivity contribution is 0.669. The Kier molecular flexibility index (Phi) is 6.39. The molecule has 0 atom stereocenters. The van der Waals surface area contributed by atoms with Crippen molar-refractivity contribution in [2.24, 2.45) is 0 Å². The minimum atomic E-state index is 0.546. The highest BCUT2D eigenvalue weighted by molar-refractivity contribution is 6.11. The summed E-state index contributed by atoms with van der Waals surface area (Å²) in [6.07, 6.45) is 0. The quantitative estimate of drug-likeness (QED) is 0.200. The highest BCUT2D eigenvalue weighted by Crippen LogP contribution is 2.43. The monoisotopic (exact) mass is 566 g/mol. The average Bonchev–Trinajstić information content (AvgIpc) is 3.48. The number of fused-ring (bicyclic) bond motifs is 3. The molecule has 5 nitrogen and oxygen atoms in total. The van der Waals surface area contributed by atoms with E-state index in [1.807, 2.05) is 91.0 Å². The van der Waals surface area contributed by atoms with Crippen LogP contribution in [0.3, 0.4) is 0 Å². The molecule has 0 amide bonds. The van der Waals surface area contributed by atoms with Crippen LogP contribution in [0.1, 0.15) is 0 Å². The molecule has 0 aliphatic carbocycles. The van der Waals surface area contributed by atoms with Gasteiger partial charge < -0.3 is 9.32 Å². The Morgan fingerprint density at radius 2 is 0.886 bits per heavy atom. The summed E-state index contributed by atoms with van der Waals surface area (Å²) in [6.45, 7) is 0. The first-order chi connectivity index (χ1) is 21.8. The summed E-state index contributed by atoms with van der Waals surface area (Å²) < 4.78 is 6.56. The fourth-order valence-electron chi connectivity index (χ4n) is 5.64. The van der Waals surface area contributed by atoms with Gasteiger partial charge in [-0.25, -0.2) is 15.0 Å². The lowest BCUT2D eigenvalue weighted by Crippen LogP contribution is -2.10. The normalized spacial score (nSPS) is 11.2. The van der Waals surface area contributed by atoms with Gasteiger partial charge >= 0.3 is 0 Å². The second-order valence-electron chi connectivity index (χ2n) is 10.5. The summed E-state index contributed by atoms with van der Waals surface area (Å²) in [7, 11) is 0. The molecule has 0 spiro atoms. The van der Waals surface area contributed by atoms with Crippen LogP contribution in [0.15, 0.2) is 162 Å². The minimum absolute atomic E-state index is 0.546. The Labute approximate surface area is 254 Å². The van der Waals surface area contributed by atoms with Gasteiger partial charge in [-0.3, -0.25) is 0 Å². The number of hydrogen-bond donors (Lipinski definition) is 0. The Morgan fingerprint density at radius 1 is 0.409 bits per heavy atom. The second-order valence-corrected chi connectivity index (χ2v) is 10.5. The zero-order chi connectivity index (χ0) is 29.3. The van der Waals surface area contributed by atoms with E-state index in [1.165, 1.54) is 0 Å². The number of aromatic nitrogens is 3. The fourth-order valence-corrected chi connectivity index (χ4v) is 5.64. The van der Waals surface area contributed by atoms with E-state index in [9.17, 15) is 0 Å². The number of anilines is 3. The van der Waals surface area contributed by atoms with Crippen LogP contribution in [0.25, 0.3) is 56.1 Å². The standard InChI is InChI=1S/C39H26N4O/c1-5-15-27(16-6-1)37-40-38(28-17-7-2-8-18-28)42-39(41-37)34-26-31(25-33-32-23-13-14-24-35(32)44-36(33)34)43(29-19-9-3-10-20-29)30-21-11-4-12-22-30/h1-26H. The molecular formula is C39H26N4O. The third kappa shape index (κ3) is 4.67. The highest BCUT2D eigenvalue weighted by atomic mass is 16.3. The Bertz CT molecular complexity index is 2120. The molecule has 8 rings (SSSR count). The first-order valence-corrected chi connectivity index (χ1v) is 14.5. The van der Waals surface area contributed by atoms with Gasteiger partial charge in [0.05, 0.1) is 5.56 Å². The summed E-state index contributed by atoms with van der Waals surface area (Å²) in [6, 6.07) is 53.3. The van der Waals surface area contributed by atoms with Crippen molar-refractivity contribution < 1.29 is 4.42 Å². The van der Waals surface area contributed by atoms with E-state index in [-0.39, 0.29) is 0 Å². The van der Waals surface area contributed by atoms with Crippen LogP contribution in [-0.4, -0.2) is 15.0 Å². The van der Waals surface area contributed by atoms with Gasteiger partial charge in [0.15, 0.2) is 17.5 Å². The van der Waals surface area contributed by atoms with Crippen molar-refractivity contribution in [3.05, 3.63) is 158 Å². The molecule has 0 fully saturated rings. The van der Waals surface area contributed by atoms with E-state index >= 15 is 0 Å². The van der Waals surface area contributed by atoms with Crippen molar-refractivity contribution in [2.75, 3.05) is 4.90 Å². The molecule has 0 aliphatic rings. The predicted octanol–water partition coefficient (Wildman–Crippen LogP) is 10.2. The molecule has 5 heteroatoms. The van der Waals surface area contributed by atoms with Crippen LogP contribution in [-0.2, 0) is 0 Å². The maximum atomic E-state index is 6.56. The molecule has 0 saturated heterocycles. The molecule has 0 unspecified atom stereocenters. The average molecular weight is 567 g/mol. The highest BCUT2D eigenvalue weighted by Gasteiger charge is 2.22. The van der Waals surface area contributed by atoms with E-state index in [0.717, 1.165) is 55.7 Å². The van der Waals surface area contributed by atoms with Gasteiger partial charge in [-0.1, -0.05) is 115 Å². The second kappa shape index (κ2) is 11.0. The Morgan fingerprint density at radius 3 is 1.45 bits per heavy atom. The molecule has 0 bridgehead atoms. The maximum Gasteiger partial charge on any atom is 0.167 e. The van der Waals surface area contributed by atoms with Crippen LogP contribution in [0.5, 0.6) is 0 Å². The zero-order valence-corrected chi connectivity index (χ0v) is 23.7. The van der Waals surface area contributed by atoms with Crippen molar-refractivity contribution in [1.82, 2.24) is 15.0 Å². The largest absolute Gasteiger partial charge is 0.455 e. The molecule has 2 heterocycles. The molecule has 8 aromatic rings. The van der Waals surface area contributed by atoms with Crippen LogP contribution in [0, 0.1) is 0 Å². The van der Waals surface area contributed by atoms with E-state index in [1.54, 1.807) is 0 Å². The number of rotatable bonds is 6. The van der Waals surface area contributed by atoms with Gasteiger partial charge in [0.1, 0.15) is 11.2 Å². The molecule has 208 valence electrons. The van der Waals surface area contributed by atoms with E-state index in [4.69, 9.17) is 19.4 Å². The number of furan rings is 1. The predicted molar refractivity (Wildman–Crippen MR) is 178 cm³/mol. The molecule has 6 aromatic carbocycles. The van der Waals surface area contributed by atoms with E-state index < -0.39 is 0 Å². The van der Waals surface area contributed by atoms with Crippen molar-refractivity contribution in [3.63, 3.8) is 0 Å².